The first-order valence-electron chi connectivity index (χ1n) is 6.92. The average molecular weight is 275 g/mol. The Labute approximate surface area is 119 Å². The topological polar surface area (TPSA) is 29.1 Å². The summed E-state index contributed by atoms with van der Waals surface area (Å²) in [7, 11) is 0. The van der Waals surface area contributed by atoms with Crippen LogP contribution in [0.25, 0.3) is 0 Å². The molecule has 1 aromatic rings. The van der Waals surface area contributed by atoms with Gasteiger partial charge in [-0.05, 0) is 55.9 Å². The van der Waals surface area contributed by atoms with Crippen LogP contribution in [-0.4, -0.2) is 18.2 Å². The van der Waals surface area contributed by atoms with Gasteiger partial charge < -0.3 is 5.32 Å². The van der Waals surface area contributed by atoms with Gasteiger partial charge in [0.1, 0.15) is 0 Å². The minimum Gasteiger partial charge on any atom is -0.355 e. The summed E-state index contributed by atoms with van der Waals surface area (Å²) in [4.78, 5) is 12.9. The molecule has 0 bridgehead atoms. The van der Waals surface area contributed by atoms with E-state index in [1.54, 1.807) is 11.8 Å². The van der Waals surface area contributed by atoms with Crippen molar-refractivity contribution in [3.63, 3.8) is 0 Å². The Morgan fingerprint density at radius 1 is 1.37 bits per heavy atom. The van der Waals surface area contributed by atoms with Gasteiger partial charge in [-0.15, -0.1) is 11.8 Å². The highest BCUT2D eigenvalue weighted by molar-refractivity contribution is 8.00. The molecule has 1 N–H and O–H groups in total. The van der Waals surface area contributed by atoms with Gasteiger partial charge in [0.15, 0.2) is 0 Å². The van der Waals surface area contributed by atoms with Crippen LogP contribution >= 0.6 is 11.8 Å². The molecule has 0 fully saturated rings. The van der Waals surface area contributed by atoms with Crippen LogP contribution in [0.4, 0.5) is 0 Å². The highest BCUT2D eigenvalue weighted by atomic mass is 32.2. The summed E-state index contributed by atoms with van der Waals surface area (Å²) in [5.74, 6) is 0.629. The van der Waals surface area contributed by atoms with Crippen LogP contribution in [0, 0.1) is 0 Å². The van der Waals surface area contributed by atoms with Gasteiger partial charge in [0, 0.05) is 11.4 Å². The van der Waals surface area contributed by atoms with Crippen molar-refractivity contribution in [2.24, 2.45) is 0 Å². The standard InChI is InChI=1S/C16H21NOS/c1-2-3-4-10-17-16(18)12-19-15-9-8-13-6-5-7-14(13)11-15/h2-3,8-9,11H,4-7,10,12H2,1H3,(H,17,18)/b3-2+. The van der Waals surface area contributed by atoms with Crippen LogP contribution in [0.5, 0.6) is 0 Å². The van der Waals surface area contributed by atoms with Crippen LogP contribution in [0.15, 0.2) is 35.2 Å². The zero-order valence-electron chi connectivity index (χ0n) is 11.4. The minimum atomic E-state index is 0.120. The predicted octanol–water partition coefficient (Wildman–Crippen LogP) is 3.35. The van der Waals surface area contributed by atoms with Gasteiger partial charge in [0.2, 0.25) is 5.91 Å². The summed E-state index contributed by atoms with van der Waals surface area (Å²) in [5.41, 5.74) is 2.96. The average Bonchev–Trinajstić information content (AvgIpc) is 2.89. The van der Waals surface area contributed by atoms with Gasteiger partial charge in [-0.2, -0.15) is 0 Å². The van der Waals surface area contributed by atoms with Gasteiger partial charge in [-0.3, -0.25) is 4.79 Å². The number of hydrogen-bond donors (Lipinski definition) is 1. The Bertz CT molecular complexity index is 468. The van der Waals surface area contributed by atoms with Crippen molar-refractivity contribution in [1.82, 2.24) is 5.32 Å². The second kappa shape index (κ2) is 7.39. The molecule has 0 radical (unpaired) electrons. The number of nitrogens with one attached hydrogen (secondary N) is 1. The van der Waals surface area contributed by atoms with Crippen molar-refractivity contribution in [1.29, 1.82) is 0 Å². The molecule has 1 aliphatic rings. The monoisotopic (exact) mass is 275 g/mol. The first-order valence-corrected chi connectivity index (χ1v) is 7.90. The maximum absolute atomic E-state index is 11.7. The molecular formula is C16H21NOS. The molecule has 3 heteroatoms. The molecule has 0 aromatic heterocycles. The van der Waals surface area contributed by atoms with E-state index in [1.165, 1.54) is 35.3 Å². The molecule has 0 aliphatic heterocycles. The van der Waals surface area contributed by atoms with E-state index in [9.17, 15) is 4.79 Å². The number of aryl methyl sites for hydroxylation is 2. The summed E-state index contributed by atoms with van der Waals surface area (Å²) in [6, 6.07) is 6.61. The smallest absolute Gasteiger partial charge is 0.230 e. The number of carbonyl (C=O) groups excluding carboxylic acids is 1. The first kappa shape index (κ1) is 14.2. The third-order valence-electron chi connectivity index (χ3n) is 3.31. The fourth-order valence-corrected chi connectivity index (χ4v) is 3.09. The molecule has 1 aromatic carbocycles. The number of rotatable bonds is 6. The van der Waals surface area contributed by atoms with E-state index in [-0.39, 0.29) is 5.91 Å². The van der Waals surface area contributed by atoms with E-state index in [2.05, 4.69) is 29.6 Å². The maximum Gasteiger partial charge on any atom is 0.230 e. The predicted molar refractivity (Wildman–Crippen MR) is 81.6 cm³/mol. The van der Waals surface area contributed by atoms with E-state index in [0.29, 0.717) is 5.75 Å². The molecule has 2 rings (SSSR count). The Kier molecular flexibility index (Phi) is 5.52. The lowest BCUT2D eigenvalue weighted by Gasteiger charge is -2.05. The van der Waals surface area contributed by atoms with Crippen molar-refractivity contribution in [2.75, 3.05) is 12.3 Å². The molecule has 0 unspecified atom stereocenters. The van der Waals surface area contributed by atoms with E-state index in [4.69, 9.17) is 0 Å². The summed E-state index contributed by atoms with van der Waals surface area (Å²) in [6.45, 7) is 2.72. The SMILES string of the molecule is C/C=C/CCNC(=O)CSc1ccc2c(c1)CCC2. The van der Waals surface area contributed by atoms with Gasteiger partial charge >= 0.3 is 0 Å². The van der Waals surface area contributed by atoms with Crippen molar-refractivity contribution in [2.45, 2.75) is 37.5 Å². The molecule has 0 atom stereocenters. The second-order valence-corrected chi connectivity index (χ2v) is 5.83. The lowest BCUT2D eigenvalue weighted by molar-refractivity contribution is -0.118. The van der Waals surface area contributed by atoms with Crippen molar-refractivity contribution >= 4 is 17.7 Å². The number of amides is 1. The Morgan fingerprint density at radius 2 is 2.21 bits per heavy atom. The molecule has 0 spiro atoms. The molecule has 0 saturated heterocycles. The number of allylic oxidation sites excluding steroid dienone is 1. The molecule has 0 saturated carbocycles. The van der Waals surface area contributed by atoms with Crippen LogP contribution in [0.3, 0.4) is 0 Å². The molecule has 102 valence electrons. The Morgan fingerprint density at radius 3 is 3.05 bits per heavy atom. The van der Waals surface area contributed by atoms with E-state index in [1.807, 2.05) is 13.0 Å². The van der Waals surface area contributed by atoms with E-state index < -0.39 is 0 Å². The van der Waals surface area contributed by atoms with Crippen molar-refractivity contribution < 1.29 is 4.79 Å². The molecule has 2 nitrogen and oxygen atoms in total. The zero-order valence-corrected chi connectivity index (χ0v) is 12.3. The van der Waals surface area contributed by atoms with Gasteiger partial charge in [-0.25, -0.2) is 0 Å². The quantitative estimate of drug-likeness (QED) is 0.490. The molecular weight excluding hydrogens is 254 g/mol. The maximum atomic E-state index is 11.7. The number of hydrogen-bond acceptors (Lipinski definition) is 2. The number of carbonyl (C=O) groups is 1. The highest BCUT2D eigenvalue weighted by Gasteiger charge is 2.11. The van der Waals surface area contributed by atoms with Crippen LogP contribution in [0.2, 0.25) is 0 Å². The molecule has 0 heterocycles. The lowest BCUT2D eigenvalue weighted by atomic mass is 10.1. The fourth-order valence-electron chi connectivity index (χ4n) is 2.30. The first-order chi connectivity index (χ1) is 9.29. The van der Waals surface area contributed by atoms with E-state index in [0.717, 1.165) is 13.0 Å². The largest absolute Gasteiger partial charge is 0.355 e. The van der Waals surface area contributed by atoms with Crippen LogP contribution < -0.4 is 5.32 Å². The summed E-state index contributed by atoms with van der Waals surface area (Å²) < 4.78 is 0. The summed E-state index contributed by atoms with van der Waals surface area (Å²) >= 11 is 1.63. The van der Waals surface area contributed by atoms with Gasteiger partial charge in [0.05, 0.1) is 5.75 Å². The minimum absolute atomic E-state index is 0.120. The van der Waals surface area contributed by atoms with Gasteiger partial charge in [0.25, 0.3) is 0 Å². The third kappa shape index (κ3) is 4.43. The summed E-state index contributed by atoms with van der Waals surface area (Å²) in [6.07, 6.45) is 8.66. The van der Waals surface area contributed by atoms with Crippen molar-refractivity contribution in [3.8, 4) is 0 Å². The normalized spacial score (nSPS) is 13.7. The van der Waals surface area contributed by atoms with E-state index >= 15 is 0 Å². The van der Waals surface area contributed by atoms with Crippen molar-refractivity contribution in [3.05, 3.63) is 41.5 Å². The van der Waals surface area contributed by atoms with Crippen LogP contribution in [0.1, 0.15) is 30.9 Å². The molecule has 1 aliphatic carbocycles. The number of fused-ring (bicyclic) bond motifs is 1. The second-order valence-electron chi connectivity index (χ2n) is 4.78. The van der Waals surface area contributed by atoms with Gasteiger partial charge in [-0.1, -0.05) is 18.2 Å². The molecule has 1 amide bonds. The number of benzene rings is 1. The van der Waals surface area contributed by atoms with Crippen LogP contribution in [-0.2, 0) is 17.6 Å². The Balaban J connectivity index is 1.74. The zero-order chi connectivity index (χ0) is 13.5. The fraction of sp³-hybridized carbons (Fsp3) is 0.438. The Hall–Kier alpha value is -1.22. The molecule has 19 heavy (non-hydrogen) atoms. The highest BCUT2D eigenvalue weighted by Crippen LogP contribution is 2.27. The lowest BCUT2D eigenvalue weighted by Crippen LogP contribution is -2.25. The summed E-state index contributed by atoms with van der Waals surface area (Å²) in [5, 5.41) is 2.93. The third-order valence-corrected chi connectivity index (χ3v) is 4.30. The number of thioether (sulfide) groups is 1.